The molecule has 6 rings (SSSR count). The first kappa shape index (κ1) is 21.0. The van der Waals surface area contributed by atoms with Gasteiger partial charge in [-0.3, -0.25) is 0 Å². The van der Waals surface area contributed by atoms with Crippen LogP contribution in [0.1, 0.15) is 56.0 Å². The highest BCUT2D eigenvalue weighted by Crippen LogP contribution is 2.57. The smallest absolute Gasteiger partial charge is 0.130 e. The van der Waals surface area contributed by atoms with Crippen molar-refractivity contribution < 1.29 is 14.6 Å². The Morgan fingerprint density at radius 1 is 1.19 bits per heavy atom. The lowest BCUT2D eigenvalue weighted by Crippen LogP contribution is -2.53. The molecule has 1 heterocycles. The summed E-state index contributed by atoms with van der Waals surface area (Å²) in [6, 6.07) is 7.87. The molecule has 31 heavy (non-hydrogen) atoms. The van der Waals surface area contributed by atoms with Gasteiger partial charge in [-0.15, -0.1) is 0 Å². The molecule has 4 aliphatic carbocycles. The van der Waals surface area contributed by atoms with Crippen molar-refractivity contribution in [1.82, 2.24) is 14.9 Å². The first-order valence-electron chi connectivity index (χ1n) is 11.7. The van der Waals surface area contributed by atoms with Crippen LogP contribution in [0.3, 0.4) is 0 Å². The Hall–Kier alpha value is -1.89. The minimum atomic E-state index is -0.554. The van der Waals surface area contributed by atoms with Gasteiger partial charge in [0, 0.05) is 26.0 Å². The molecule has 2 atom stereocenters. The third kappa shape index (κ3) is 4.38. The summed E-state index contributed by atoms with van der Waals surface area (Å²) in [7, 11) is 3.66. The number of imidazole rings is 1. The Morgan fingerprint density at radius 2 is 1.90 bits per heavy atom. The maximum Gasteiger partial charge on any atom is 0.130 e. The summed E-state index contributed by atoms with van der Waals surface area (Å²) < 4.78 is 13.9. The maximum atomic E-state index is 10.8. The van der Waals surface area contributed by atoms with Gasteiger partial charge in [0.25, 0.3) is 0 Å². The van der Waals surface area contributed by atoms with Crippen LogP contribution in [-0.2, 0) is 11.8 Å². The fraction of sp³-hybridized carbons (Fsp3) is 0.640. The van der Waals surface area contributed by atoms with Crippen molar-refractivity contribution in [2.75, 3.05) is 20.3 Å². The topological polar surface area (TPSA) is 68.5 Å². The molecule has 0 radical (unpaired) electrons. The second-order valence-electron chi connectivity index (χ2n) is 10.1. The van der Waals surface area contributed by atoms with Gasteiger partial charge in [-0.2, -0.15) is 0 Å². The lowest BCUT2D eigenvalue weighted by molar-refractivity contribution is -0.174. The molecule has 2 unspecified atom stereocenters. The largest absolute Gasteiger partial charge is 0.497 e. The van der Waals surface area contributed by atoms with Gasteiger partial charge in [0.15, 0.2) is 0 Å². The van der Waals surface area contributed by atoms with Gasteiger partial charge in [0.1, 0.15) is 11.6 Å². The van der Waals surface area contributed by atoms with Gasteiger partial charge in [-0.25, -0.2) is 4.98 Å². The Morgan fingerprint density at radius 3 is 2.52 bits per heavy atom. The van der Waals surface area contributed by atoms with E-state index in [0.717, 1.165) is 34.9 Å². The first-order chi connectivity index (χ1) is 15.0. The molecule has 0 amide bonds. The van der Waals surface area contributed by atoms with Gasteiger partial charge < -0.3 is 24.5 Å². The second-order valence-corrected chi connectivity index (χ2v) is 10.1. The fourth-order valence-corrected chi connectivity index (χ4v) is 6.63. The lowest BCUT2D eigenvalue weighted by Gasteiger charge is -2.56. The Kier molecular flexibility index (Phi) is 5.80. The quantitative estimate of drug-likeness (QED) is 0.644. The highest BCUT2D eigenvalue weighted by atomic mass is 16.5. The summed E-state index contributed by atoms with van der Waals surface area (Å²) in [6.45, 7) is 0.839. The molecule has 6 nitrogen and oxygen atoms in total. The van der Waals surface area contributed by atoms with Gasteiger partial charge >= 0.3 is 0 Å². The van der Waals surface area contributed by atoms with Gasteiger partial charge in [0.05, 0.1) is 31.5 Å². The first-order valence-corrected chi connectivity index (χ1v) is 11.7. The number of ether oxygens (including phenoxy) is 2. The molecule has 0 spiro atoms. The molecule has 168 valence electrons. The van der Waals surface area contributed by atoms with Crippen LogP contribution in [0.15, 0.2) is 36.7 Å². The maximum absolute atomic E-state index is 10.8. The Balaban J connectivity index is 1.22. The molecule has 4 saturated carbocycles. The van der Waals surface area contributed by atoms with Crippen molar-refractivity contribution in [3.05, 3.63) is 48.0 Å². The number of aryl methyl sites for hydroxylation is 1. The van der Waals surface area contributed by atoms with Crippen molar-refractivity contribution in [3.8, 4) is 5.75 Å². The number of nitrogens with one attached hydrogen (secondary N) is 1. The number of methoxy groups -OCH3 is 1. The van der Waals surface area contributed by atoms with Gasteiger partial charge in [-0.05, 0) is 74.0 Å². The van der Waals surface area contributed by atoms with Crippen LogP contribution in [0.5, 0.6) is 5.75 Å². The van der Waals surface area contributed by atoms with Crippen molar-refractivity contribution in [2.24, 2.45) is 24.8 Å². The van der Waals surface area contributed by atoms with E-state index in [4.69, 9.17) is 9.47 Å². The number of aromatic nitrogens is 2. The standard InChI is InChI=1S/C25H35N3O3/c1-28-7-6-26-24(28)23(20-4-3-5-22(11-20)30-2)27-15-21(29)16-31-25-12-17-8-18(13-25)10-19(9-17)14-25/h3-7,11,17-19,21,23,27,29H,8-10,12-16H2,1-2H3. The molecule has 4 fully saturated rings. The third-order valence-corrected chi connectivity index (χ3v) is 7.67. The zero-order valence-electron chi connectivity index (χ0n) is 18.7. The molecule has 4 bridgehead atoms. The van der Waals surface area contributed by atoms with E-state index >= 15 is 0 Å². The Bertz CT molecular complexity index is 860. The van der Waals surface area contributed by atoms with Crippen molar-refractivity contribution in [3.63, 3.8) is 0 Å². The van der Waals surface area contributed by atoms with Crippen LogP contribution in [-0.4, -0.2) is 46.6 Å². The molecule has 2 N–H and O–H groups in total. The normalized spacial score (nSPS) is 31.0. The van der Waals surface area contributed by atoms with Crippen molar-refractivity contribution in [2.45, 2.75) is 56.3 Å². The molecular formula is C25H35N3O3. The lowest BCUT2D eigenvalue weighted by atomic mass is 9.54. The summed E-state index contributed by atoms with van der Waals surface area (Å²) >= 11 is 0. The highest BCUT2D eigenvalue weighted by Gasteiger charge is 2.51. The zero-order valence-corrected chi connectivity index (χ0v) is 18.7. The second kappa shape index (κ2) is 8.57. The molecule has 1 aromatic carbocycles. The van der Waals surface area contributed by atoms with E-state index in [2.05, 4.69) is 16.4 Å². The van der Waals surface area contributed by atoms with E-state index in [-0.39, 0.29) is 11.6 Å². The number of benzene rings is 1. The number of aliphatic hydroxyl groups excluding tert-OH is 1. The zero-order chi connectivity index (χ0) is 21.4. The van der Waals surface area contributed by atoms with Crippen LogP contribution < -0.4 is 10.1 Å². The van der Waals surface area contributed by atoms with E-state index in [1.165, 1.54) is 38.5 Å². The average Bonchev–Trinajstić information content (AvgIpc) is 3.17. The van der Waals surface area contributed by atoms with E-state index in [1.54, 1.807) is 13.3 Å². The molecule has 6 heteroatoms. The summed E-state index contributed by atoms with van der Waals surface area (Å²) in [6.07, 6.45) is 11.0. The summed E-state index contributed by atoms with van der Waals surface area (Å²) in [5.74, 6) is 4.26. The summed E-state index contributed by atoms with van der Waals surface area (Å²) in [4.78, 5) is 4.55. The van der Waals surface area contributed by atoms with Crippen LogP contribution in [0.4, 0.5) is 0 Å². The van der Waals surface area contributed by atoms with Crippen LogP contribution >= 0.6 is 0 Å². The van der Waals surface area contributed by atoms with E-state index in [0.29, 0.717) is 13.2 Å². The number of rotatable bonds is 9. The Labute approximate surface area is 185 Å². The average molecular weight is 426 g/mol. The predicted octanol–water partition coefficient (Wildman–Crippen LogP) is 3.45. The highest BCUT2D eigenvalue weighted by molar-refractivity contribution is 5.33. The van der Waals surface area contributed by atoms with Gasteiger partial charge in [0.2, 0.25) is 0 Å². The molecule has 2 aromatic rings. The minimum absolute atomic E-state index is 0.0294. The fourth-order valence-electron chi connectivity index (χ4n) is 6.63. The number of hydrogen-bond donors (Lipinski definition) is 2. The summed E-state index contributed by atoms with van der Waals surface area (Å²) in [5, 5.41) is 14.3. The molecule has 1 aromatic heterocycles. The van der Waals surface area contributed by atoms with Crippen LogP contribution in [0.2, 0.25) is 0 Å². The molecular weight excluding hydrogens is 390 g/mol. The minimum Gasteiger partial charge on any atom is -0.497 e. The molecule has 4 aliphatic rings. The van der Waals surface area contributed by atoms with E-state index < -0.39 is 6.10 Å². The third-order valence-electron chi connectivity index (χ3n) is 7.67. The number of nitrogens with zero attached hydrogens (tertiary/aromatic N) is 2. The molecule has 0 aliphatic heterocycles. The SMILES string of the molecule is COc1cccc(C(NCC(O)COC23CC4CC(CC(C4)C2)C3)c2nccn2C)c1. The molecule has 0 saturated heterocycles. The van der Waals surface area contributed by atoms with Crippen molar-refractivity contribution >= 4 is 0 Å². The van der Waals surface area contributed by atoms with Gasteiger partial charge in [-0.1, -0.05) is 12.1 Å². The van der Waals surface area contributed by atoms with E-state index in [9.17, 15) is 5.11 Å². The number of aliphatic hydroxyl groups is 1. The van der Waals surface area contributed by atoms with E-state index in [1.807, 2.05) is 36.0 Å². The summed E-state index contributed by atoms with van der Waals surface area (Å²) in [5.41, 5.74) is 1.09. The monoisotopic (exact) mass is 425 g/mol. The predicted molar refractivity (Wildman–Crippen MR) is 119 cm³/mol. The van der Waals surface area contributed by atoms with Crippen LogP contribution in [0, 0.1) is 17.8 Å². The van der Waals surface area contributed by atoms with Crippen LogP contribution in [0.25, 0.3) is 0 Å². The van der Waals surface area contributed by atoms with Crippen molar-refractivity contribution in [1.29, 1.82) is 0 Å². The number of hydrogen-bond acceptors (Lipinski definition) is 5.